The number of benzene rings is 2. The lowest BCUT2D eigenvalue weighted by Crippen LogP contribution is -2.29. The normalized spacial score (nSPS) is 15.1. The molecule has 7 heteroatoms. The summed E-state index contributed by atoms with van der Waals surface area (Å²) in [6.45, 7) is 2.83. The molecule has 0 saturated carbocycles. The molecular formula is C24H24N2O3S2. The highest BCUT2D eigenvalue weighted by molar-refractivity contribution is 8.26. The van der Waals surface area contributed by atoms with Crippen LogP contribution in [0.5, 0.6) is 5.75 Å². The summed E-state index contributed by atoms with van der Waals surface area (Å²) in [6, 6.07) is 17.2. The summed E-state index contributed by atoms with van der Waals surface area (Å²) in [5.74, 6) is 0.401. The van der Waals surface area contributed by atoms with E-state index in [1.54, 1.807) is 17.0 Å². The summed E-state index contributed by atoms with van der Waals surface area (Å²) in [6.07, 6.45) is 6.37. The van der Waals surface area contributed by atoms with Gasteiger partial charge in [0.05, 0.1) is 17.2 Å². The Labute approximate surface area is 192 Å². The quantitative estimate of drug-likeness (QED) is 0.415. The third-order valence-corrected chi connectivity index (χ3v) is 5.85. The number of amides is 2. The third-order valence-electron chi connectivity index (χ3n) is 4.46. The zero-order valence-corrected chi connectivity index (χ0v) is 18.9. The number of hydrogen-bond donors (Lipinski definition) is 1. The average molecular weight is 453 g/mol. The number of anilines is 1. The maximum atomic E-state index is 12.6. The summed E-state index contributed by atoms with van der Waals surface area (Å²) in [5.41, 5.74) is 1.71. The van der Waals surface area contributed by atoms with Crippen LogP contribution in [0.15, 0.2) is 71.7 Å². The number of para-hydroxylation sites is 2. The molecule has 2 aromatic carbocycles. The van der Waals surface area contributed by atoms with E-state index in [2.05, 4.69) is 5.32 Å². The molecule has 31 heavy (non-hydrogen) atoms. The zero-order valence-electron chi connectivity index (χ0n) is 17.2. The fourth-order valence-electron chi connectivity index (χ4n) is 2.98. The number of nitrogens with one attached hydrogen (secondary N) is 1. The Morgan fingerprint density at radius 3 is 2.68 bits per heavy atom. The minimum atomic E-state index is -0.126. The van der Waals surface area contributed by atoms with Gasteiger partial charge in [-0.15, -0.1) is 0 Å². The van der Waals surface area contributed by atoms with Crippen LogP contribution in [0.25, 0.3) is 6.08 Å². The molecule has 0 aliphatic carbocycles. The van der Waals surface area contributed by atoms with Gasteiger partial charge in [-0.25, -0.2) is 0 Å². The number of rotatable bonds is 9. The molecule has 1 fully saturated rings. The predicted molar refractivity (Wildman–Crippen MR) is 131 cm³/mol. The van der Waals surface area contributed by atoms with E-state index in [1.807, 2.05) is 67.6 Å². The highest BCUT2D eigenvalue weighted by Crippen LogP contribution is 2.31. The maximum Gasteiger partial charge on any atom is 0.266 e. The van der Waals surface area contributed by atoms with Gasteiger partial charge in [0.2, 0.25) is 5.91 Å². The molecule has 0 unspecified atom stereocenters. The standard InChI is InChI=1S/C24H24N2O3S2/c1-2-29-20-14-7-6-13-19(20)25-22(27)16-9-17-26-23(28)21(31-24(26)30)15-8-12-18-10-4-3-5-11-18/h3-8,10-15H,2,9,16-17H2,1H3,(H,25,27)/b12-8+,21-15-. The van der Waals surface area contributed by atoms with Crippen LogP contribution in [0.1, 0.15) is 25.3 Å². The van der Waals surface area contributed by atoms with Crippen molar-refractivity contribution in [3.63, 3.8) is 0 Å². The van der Waals surface area contributed by atoms with E-state index in [9.17, 15) is 9.59 Å². The van der Waals surface area contributed by atoms with Gasteiger partial charge in [0.1, 0.15) is 10.1 Å². The van der Waals surface area contributed by atoms with Crippen molar-refractivity contribution in [1.29, 1.82) is 0 Å². The molecule has 5 nitrogen and oxygen atoms in total. The largest absolute Gasteiger partial charge is 0.492 e. The summed E-state index contributed by atoms with van der Waals surface area (Å²) < 4.78 is 6.04. The van der Waals surface area contributed by atoms with Crippen LogP contribution >= 0.6 is 24.0 Å². The molecule has 0 radical (unpaired) electrons. The number of allylic oxidation sites excluding steroid dienone is 2. The van der Waals surface area contributed by atoms with Crippen LogP contribution in [0, 0.1) is 0 Å². The molecule has 1 aliphatic rings. The number of hydrogen-bond acceptors (Lipinski definition) is 5. The molecule has 1 N–H and O–H groups in total. The fourth-order valence-corrected chi connectivity index (χ4v) is 4.24. The Morgan fingerprint density at radius 2 is 1.90 bits per heavy atom. The minimum absolute atomic E-state index is 0.116. The lowest BCUT2D eigenvalue weighted by atomic mass is 10.2. The molecule has 0 bridgehead atoms. The van der Waals surface area contributed by atoms with E-state index in [4.69, 9.17) is 17.0 Å². The van der Waals surface area contributed by atoms with Crippen LogP contribution in [-0.2, 0) is 9.59 Å². The molecule has 1 saturated heterocycles. The molecule has 0 aromatic heterocycles. The van der Waals surface area contributed by atoms with E-state index >= 15 is 0 Å². The zero-order chi connectivity index (χ0) is 22.1. The summed E-state index contributed by atoms with van der Waals surface area (Å²) >= 11 is 6.64. The molecule has 2 aromatic rings. The van der Waals surface area contributed by atoms with Crippen molar-refractivity contribution in [2.75, 3.05) is 18.5 Å². The Kier molecular flexibility index (Phi) is 8.44. The van der Waals surface area contributed by atoms with E-state index in [1.165, 1.54) is 11.8 Å². The second kappa shape index (κ2) is 11.5. The van der Waals surface area contributed by atoms with Crippen molar-refractivity contribution in [3.05, 3.63) is 77.2 Å². The molecule has 0 atom stereocenters. The van der Waals surface area contributed by atoms with Gasteiger partial charge in [0.25, 0.3) is 5.91 Å². The van der Waals surface area contributed by atoms with Gasteiger partial charge in [-0.05, 0) is 37.1 Å². The van der Waals surface area contributed by atoms with Gasteiger partial charge >= 0.3 is 0 Å². The third kappa shape index (κ3) is 6.54. The first kappa shape index (κ1) is 22.8. The van der Waals surface area contributed by atoms with Gasteiger partial charge in [0.15, 0.2) is 0 Å². The Morgan fingerprint density at radius 1 is 1.16 bits per heavy atom. The molecule has 3 rings (SSSR count). The van der Waals surface area contributed by atoms with Crippen LogP contribution < -0.4 is 10.1 Å². The lowest BCUT2D eigenvalue weighted by Gasteiger charge is -2.14. The second-order valence-corrected chi connectivity index (χ2v) is 8.38. The van der Waals surface area contributed by atoms with Crippen LogP contribution in [-0.4, -0.2) is 34.2 Å². The smallest absolute Gasteiger partial charge is 0.266 e. The van der Waals surface area contributed by atoms with Gasteiger partial charge in [-0.3, -0.25) is 14.5 Å². The molecular weight excluding hydrogens is 428 g/mol. The van der Waals surface area contributed by atoms with Gasteiger partial charge in [0, 0.05) is 13.0 Å². The number of thioether (sulfide) groups is 1. The van der Waals surface area contributed by atoms with Gasteiger partial charge in [-0.1, -0.05) is 78.6 Å². The van der Waals surface area contributed by atoms with E-state index in [0.29, 0.717) is 40.2 Å². The second-order valence-electron chi connectivity index (χ2n) is 6.71. The SMILES string of the molecule is CCOc1ccccc1NC(=O)CCCN1C(=O)/C(=C/C=C/c2ccccc2)SC1=S. The summed E-state index contributed by atoms with van der Waals surface area (Å²) in [7, 11) is 0. The molecule has 2 amide bonds. The van der Waals surface area contributed by atoms with Crippen molar-refractivity contribution < 1.29 is 14.3 Å². The first-order valence-corrected chi connectivity index (χ1v) is 11.3. The molecule has 0 spiro atoms. The van der Waals surface area contributed by atoms with Crippen LogP contribution in [0.3, 0.4) is 0 Å². The maximum absolute atomic E-state index is 12.6. The average Bonchev–Trinajstić information content (AvgIpc) is 3.03. The van der Waals surface area contributed by atoms with E-state index < -0.39 is 0 Å². The highest BCUT2D eigenvalue weighted by Gasteiger charge is 2.31. The van der Waals surface area contributed by atoms with Gasteiger partial charge in [-0.2, -0.15) is 0 Å². The minimum Gasteiger partial charge on any atom is -0.492 e. The summed E-state index contributed by atoms with van der Waals surface area (Å²) in [4.78, 5) is 27.1. The van der Waals surface area contributed by atoms with Crippen LogP contribution in [0.4, 0.5) is 5.69 Å². The van der Waals surface area contributed by atoms with Crippen molar-refractivity contribution in [3.8, 4) is 5.75 Å². The first-order chi connectivity index (χ1) is 15.1. The topological polar surface area (TPSA) is 58.6 Å². The Hall–Kier alpha value is -2.90. The first-order valence-electron chi connectivity index (χ1n) is 10.1. The highest BCUT2D eigenvalue weighted by atomic mass is 32.2. The monoisotopic (exact) mass is 452 g/mol. The van der Waals surface area contributed by atoms with Crippen molar-refractivity contribution >= 4 is 51.9 Å². The number of thiocarbonyl (C=S) groups is 1. The van der Waals surface area contributed by atoms with Gasteiger partial charge < -0.3 is 10.1 Å². The van der Waals surface area contributed by atoms with Crippen molar-refractivity contribution in [1.82, 2.24) is 4.90 Å². The Balaban J connectivity index is 1.50. The fraction of sp³-hybridized carbons (Fsp3) is 0.208. The molecule has 160 valence electrons. The summed E-state index contributed by atoms with van der Waals surface area (Å²) in [5, 5.41) is 2.87. The van der Waals surface area contributed by atoms with E-state index in [0.717, 1.165) is 5.56 Å². The van der Waals surface area contributed by atoms with Crippen molar-refractivity contribution in [2.24, 2.45) is 0 Å². The number of nitrogens with zero attached hydrogens (tertiary/aromatic N) is 1. The number of carbonyl (C=O) groups is 2. The number of ether oxygens (including phenoxy) is 1. The van der Waals surface area contributed by atoms with E-state index in [-0.39, 0.29) is 18.2 Å². The molecule has 1 aliphatic heterocycles. The predicted octanol–water partition coefficient (Wildman–Crippen LogP) is 5.26. The molecule has 1 heterocycles. The number of carbonyl (C=O) groups excluding carboxylic acids is 2. The van der Waals surface area contributed by atoms with Crippen LogP contribution in [0.2, 0.25) is 0 Å². The van der Waals surface area contributed by atoms with Crippen molar-refractivity contribution in [2.45, 2.75) is 19.8 Å². The lowest BCUT2D eigenvalue weighted by molar-refractivity contribution is -0.122. The Bertz CT molecular complexity index is 1000.